The second-order valence-corrected chi connectivity index (χ2v) is 11.5. The largest absolute Gasteiger partial charge is 0.355 e. The molecule has 0 saturated carbocycles. The van der Waals surface area contributed by atoms with Gasteiger partial charge < -0.3 is 9.80 Å². The van der Waals surface area contributed by atoms with E-state index < -0.39 is 0 Å². The van der Waals surface area contributed by atoms with Gasteiger partial charge in [-0.15, -0.1) is 11.3 Å². The molecule has 4 aromatic rings. The van der Waals surface area contributed by atoms with Gasteiger partial charge in [-0.3, -0.25) is 4.40 Å². The van der Waals surface area contributed by atoms with E-state index in [1.54, 1.807) is 11.3 Å². The number of imidazole rings is 1. The summed E-state index contributed by atoms with van der Waals surface area (Å²) in [6, 6.07) is 13.2. The van der Waals surface area contributed by atoms with Crippen LogP contribution < -0.4 is 4.90 Å². The molecule has 7 heteroatoms. The lowest BCUT2D eigenvalue weighted by atomic mass is 9.93. The molecule has 0 radical (unpaired) electrons. The molecule has 0 amide bonds. The smallest absolute Gasteiger partial charge is 0.156 e. The van der Waals surface area contributed by atoms with Crippen LogP contribution in [-0.4, -0.2) is 52.5 Å². The molecular weight excluding hydrogens is 452 g/mol. The molecule has 180 valence electrons. The molecule has 0 aliphatic carbocycles. The third kappa shape index (κ3) is 4.11. The van der Waals surface area contributed by atoms with Crippen LogP contribution in [0.4, 0.5) is 5.82 Å². The number of pyridine rings is 1. The highest BCUT2D eigenvalue weighted by Gasteiger charge is 2.32. The number of benzene rings is 1. The molecule has 0 spiro atoms. The molecule has 1 unspecified atom stereocenters. The van der Waals surface area contributed by atoms with Crippen molar-refractivity contribution in [1.82, 2.24) is 19.3 Å². The van der Waals surface area contributed by atoms with E-state index in [0.29, 0.717) is 11.6 Å². The monoisotopic (exact) mass is 484 g/mol. The zero-order chi connectivity index (χ0) is 24.9. The Morgan fingerprint density at radius 1 is 1.14 bits per heavy atom. The predicted octanol–water partition coefficient (Wildman–Crippen LogP) is 5.74. The molecule has 3 aromatic heterocycles. The topological polar surface area (TPSA) is 60.5 Å². The quantitative estimate of drug-likeness (QED) is 0.369. The SMILES string of the molecule is Cc1c(-c2csc(-c3ccccc3)n2)c(N2CCC(N(C)C)C2)n2cc(C(C)(C)C)nc2c1C#N. The van der Waals surface area contributed by atoms with Crippen molar-refractivity contribution in [2.45, 2.75) is 45.6 Å². The zero-order valence-corrected chi connectivity index (χ0v) is 22.1. The number of hydrogen-bond acceptors (Lipinski definition) is 6. The van der Waals surface area contributed by atoms with Crippen molar-refractivity contribution in [1.29, 1.82) is 5.26 Å². The van der Waals surface area contributed by atoms with Gasteiger partial charge in [-0.05, 0) is 33.0 Å². The van der Waals surface area contributed by atoms with Gasteiger partial charge in [-0.2, -0.15) is 5.26 Å². The van der Waals surface area contributed by atoms with Gasteiger partial charge in [0.25, 0.3) is 0 Å². The maximum absolute atomic E-state index is 10.2. The maximum atomic E-state index is 10.2. The van der Waals surface area contributed by atoms with Crippen molar-refractivity contribution >= 4 is 22.8 Å². The molecule has 1 atom stereocenters. The predicted molar refractivity (Wildman–Crippen MR) is 144 cm³/mol. The van der Waals surface area contributed by atoms with Gasteiger partial charge >= 0.3 is 0 Å². The average Bonchev–Trinajstić information content (AvgIpc) is 3.57. The number of hydrogen-bond donors (Lipinski definition) is 0. The number of aromatic nitrogens is 3. The third-order valence-corrected chi connectivity index (χ3v) is 7.88. The van der Waals surface area contributed by atoms with Gasteiger partial charge in [0, 0.05) is 47.3 Å². The zero-order valence-electron chi connectivity index (χ0n) is 21.3. The Hall–Kier alpha value is -3.21. The molecule has 4 heterocycles. The van der Waals surface area contributed by atoms with Crippen molar-refractivity contribution in [2.24, 2.45) is 0 Å². The van der Waals surface area contributed by atoms with Crippen LogP contribution in [0.3, 0.4) is 0 Å². The van der Waals surface area contributed by atoms with Crippen molar-refractivity contribution in [2.75, 3.05) is 32.1 Å². The first-order valence-electron chi connectivity index (χ1n) is 12.1. The molecule has 5 rings (SSSR count). The summed E-state index contributed by atoms with van der Waals surface area (Å²) in [5, 5.41) is 13.3. The number of rotatable bonds is 4. The van der Waals surface area contributed by atoms with Gasteiger partial charge in [-0.1, -0.05) is 51.1 Å². The molecule has 1 saturated heterocycles. The first-order valence-corrected chi connectivity index (χ1v) is 13.0. The number of fused-ring (bicyclic) bond motifs is 1. The minimum absolute atomic E-state index is 0.123. The maximum Gasteiger partial charge on any atom is 0.156 e. The van der Waals surface area contributed by atoms with E-state index in [0.717, 1.165) is 64.1 Å². The summed E-state index contributed by atoms with van der Waals surface area (Å²) in [5.41, 5.74) is 6.22. The van der Waals surface area contributed by atoms with E-state index in [9.17, 15) is 5.26 Å². The van der Waals surface area contributed by atoms with E-state index in [1.165, 1.54) is 0 Å². The van der Waals surface area contributed by atoms with Crippen LogP contribution in [0.15, 0.2) is 41.9 Å². The summed E-state index contributed by atoms with van der Waals surface area (Å²) >= 11 is 1.65. The number of anilines is 1. The third-order valence-electron chi connectivity index (χ3n) is 6.99. The lowest BCUT2D eigenvalue weighted by molar-refractivity contribution is 0.315. The molecule has 6 nitrogen and oxygen atoms in total. The van der Waals surface area contributed by atoms with Crippen molar-refractivity contribution in [3.8, 4) is 27.9 Å². The number of thiazole rings is 1. The molecule has 35 heavy (non-hydrogen) atoms. The summed E-state index contributed by atoms with van der Waals surface area (Å²) in [5.74, 6) is 1.09. The summed E-state index contributed by atoms with van der Waals surface area (Å²) in [7, 11) is 4.30. The Morgan fingerprint density at radius 3 is 2.51 bits per heavy atom. The van der Waals surface area contributed by atoms with Crippen LogP contribution >= 0.6 is 11.3 Å². The number of likely N-dealkylation sites (N-methyl/N-ethyl adjacent to an activating group) is 1. The van der Waals surface area contributed by atoms with Gasteiger partial charge in [-0.25, -0.2) is 9.97 Å². The Morgan fingerprint density at radius 2 is 1.89 bits per heavy atom. The summed E-state index contributed by atoms with van der Waals surface area (Å²) in [4.78, 5) is 14.8. The minimum atomic E-state index is -0.123. The molecule has 1 aliphatic heterocycles. The second kappa shape index (κ2) is 8.78. The Kier molecular flexibility index (Phi) is 5.90. The van der Waals surface area contributed by atoms with Crippen LogP contribution in [-0.2, 0) is 5.41 Å². The first-order chi connectivity index (χ1) is 16.7. The van der Waals surface area contributed by atoms with E-state index in [2.05, 4.69) is 78.8 Å². The summed E-state index contributed by atoms with van der Waals surface area (Å²) < 4.78 is 2.15. The van der Waals surface area contributed by atoms with Crippen LogP contribution in [0, 0.1) is 18.3 Å². The highest BCUT2D eigenvalue weighted by Crippen LogP contribution is 2.41. The van der Waals surface area contributed by atoms with E-state index in [4.69, 9.17) is 9.97 Å². The van der Waals surface area contributed by atoms with Crippen LogP contribution in [0.2, 0.25) is 0 Å². The normalized spacial score (nSPS) is 16.4. The van der Waals surface area contributed by atoms with Gasteiger partial charge in [0.1, 0.15) is 16.9 Å². The lowest BCUT2D eigenvalue weighted by Gasteiger charge is -2.26. The summed E-state index contributed by atoms with van der Waals surface area (Å²) in [6.07, 6.45) is 3.22. The molecule has 0 bridgehead atoms. The highest BCUT2D eigenvalue weighted by atomic mass is 32.1. The molecule has 1 fully saturated rings. The fraction of sp³-hybridized carbons (Fsp3) is 0.393. The highest BCUT2D eigenvalue weighted by molar-refractivity contribution is 7.13. The van der Waals surface area contributed by atoms with Crippen LogP contribution in [0.5, 0.6) is 0 Å². The van der Waals surface area contributed by atoms with Crippen molar-refractivity contribution in [3.63, 3.8) is 0 Å². The van der Waals surface area contributed by atoms with E-state index in [-0.39, 0.29) is 5.41 Å². The Bertz CT molecular complexity index is 1420. The first kappa shape index (κ1) is 23.5. The van der Waals surface area contributed by atoms with Crippen molar-refractivity contribution in [3.05, 3.63) is 58.7 Å². The van der Waals surface area contributed by atoms with Gasteiger partial charge in [0.05, 0.1) is 17.0 Å². The minimum Gasteiger partial charge on any atom is -0.355 e. The number of nitriles is 1. The Balaban J connectivity index is 1.77. The standard InChI is InChI=1S/C28H32N6S/c1-18-21(14-29)25-31-23(28(2,3)4)16-34(25)27(33-13-12-20(15-33)32(5)6)24(18)22-17-35-26(30-22)19-10-8-7-9-11-19/h7-11,16-17,20H,12-13,15H2,1-6H3. The van der Waals surface area contributed by atoms with Gasteiger partial charge in [0.2, 0.25) is 0 Å². The fourth-order valence-electron chi connectivity index (χ4n) is 4.87. The van der Waals surface area contributed by atoms with Crippen LogP contribution in [0.25, 0.3) is 27.5 Å². The number of nitrogens with zero attached hydrogens (tertiary/aromatic N) is 6. The molecule has 1 aromatic carbocycles. The average molecular weight is 485 g/mol. The molecule has 0 N–H and O–H groups in total. The fourth-order valence-corrected chi connectivity index (χ4v) is 5.69. The lowest BCUT2D eigenvalue weighted by Crippen LogP contribution is -2.32. The van der Waals surface area contributed by atoms with Crippen molar-refractivity contribution < 1.29 is 0 Å². The molecular formula is C28H32N6S. The molecule has 1 aliphatic rings. The summed E-state index contributed by atoms with van der Waals surface area (Å²) in [6.45, 7) is 10.4. The van der Waals surface area contributed by atoms with E-state index in [1.807, 2.05) is 25.1 Å². The Labute approximate surface area is 211 Å². The van der Waals surface area contributed by atoms with E-state index >= 15 is 0 Å². The van der Waals surface area contributed by atoms with Gasteiger partial charge in [0.15, 0.2) is 5.65 Å². The second-order valence-electron chi connectivity index (χ2n) is 10.6. The van der Waals surface area contributed by atoms with Crippen LogP contribution in [0.1, 0.15) is 44.0 Å².